The molecule has 0 bridgehead atoms. The Labute approximate surface area is 223 Å². The van der Waals surface area contributed by atoms with Gasteiger partial charge in [-0.2, -0.15) is 4.37 Å². The molecule has 2 aliphatic heterocycles. The number of hydrogen-bond acceptors (Lipinski definition) is 5. The summed E-state index contributed by atoms with van der Waals surface area (Å²) in [6.45, 7) is 12.6. The maximum atomic E-state index is 13.1. The van der Waals surface area contributed by atoms with Crippen LogP contribution >= 0.6 is 23.1 Å². The zero-order chi connectivity index (χ0) is 25.0. The average Bonchev–Trinajstić information content (AvgIpc) is 3.64. The molecule has 0 spiro atoms. The van der Waals surface area contributed by atoms with E-state index in [1.165, 1.54) is 21.2 Å². The largest absolute Gasteiger partial charge is 0.353 e. The van der Waals surface area contributed by atoms with Crippen LogP contribution in [0, 0.1) is 12.8 Å². The molecular formula is C29H35ClN4OS. The predicted octanol–water partition coefficient (Wildman–Crippen LogP) is 6.05. The lowest BCUT2D eigenvalue weighted by Crippen LogP contribution is -2.47. The van der Waals surface area contributed by atoms with Crippen LogP contribution < -0.4 is 9.80 Å². The van der Waals surface area contributed by atoms with E-state index < -0.39 is 0 Å². The van der Waals surface area contributed by atoms with E-state index in [1.54, 1.807) is 11.5 Å². The van der Waals surface area contributed by atoms with Crippen molar-refractivity contribution in [2.75, 3.05) is 49.1 Å². The van der Waals surface area contributed by atoms with Crippen LogP contribution in [0.15, 0.2) is 30.3 Å². The minimum atomic E-state index is 0.0434. The molecule has 1 aromatic heterocycles. The second-order valence-corrected chi connectivity index (χ2v) is 12.5. The number of nitrogens with zero attached hydrogens (tertiary/aromatic N) is 4. The van der Waals surface area contributed by atoms with Gasteiger partial charge in [-0.25, -0.2) is 0 Å². The minimum Gasteiger partial charge on any atom is -0.353 e. The molecule has 5 nitrogen and oxygen atoms in total. The molecular weight excluding hydrogens is 488 g/mol. The van der Waals surface area contributed by atoms with Crippen molar-refractivity contribution in [1.82, 2.24) is 9.27 Å². The molecule has 0 unspecified atom stereocenters. The number of piperazine rings is 1. The van der Waals surface area contributed by atoms with E-state index in [9.17, 15) is 4.79 Å². The zero-order valence-corrected chi connectivity index (χ0v) is 23.1. The Morgan fingerprint density at radius 2 is 1.89 bits per heavy atom. The second-order valence-electron chi connectivity index (χ2n) is 11.3. The van der Waals surface area contributed by atoms with Gasteiger partial charge in [0.15, 0.2) is 0 Å². The van der Waals surface area contributed by atoms with Crippen molar-refractivity contribution < 1.29 is 4.79 Å². The molecule has 1 saturated carbocycles. The molecule has 190 valence electrons. The predicted molar refractivity (Wildman–Crippen MR) is 151 cm³/mol. The van der Waals surface area contributed by atoms with E-state index in [0.717, 1.165) is 87.0 Å². The summed E-state index contributed by atoms with van der Waals surface area (Å²) in [5, 5.41) is 2.11. The van der Waals surface area contributed by atoms with Crippen LogP contribution in [-0.2, 0) is 16.6 Å². The lowest BCUT2D eigenvalue weighted by Gasteiger charge is -2.41. The van der Waals surface area contributed by atoms with Gasteiger partial charge in [-0.3, -0.25) is 9.69 Å². The van der Waals surface area contributed by atoms with Crippen molar-refractivity contribution in [3.63, 3.8) is 0 Å². The first kappa shape index (κ1) is 24.2. The number of halogens is 1. The summed E-state index contributed by atoms with van der Waals surface area (Å²) in [5.74, 6) is 1.65. The lowest BCUT2D eigenvalue weighted by molar-refractivity contribution is -0.119. The minimum absolute atomic E-state index is 0.0434. The average molecular weight is 523 g/mol. The monoisotopic (exact) mass is 522 g/mol. The van der Waals surface area contributed by atoms with Gasteiger partial charge in [0, 0.05) is 55.6 Å². The van der Waals surface area contributed by atoms with E-state index in [0.29, 0.717) is 5.91 Å². The van der Waals surface area contributed by atoms with Gasteiger partial charge >= 0.3 is 0 Å². The van der Waals surface area contributed by atoms with Gasteiger partial charge < -0.3 is 9.80 Å². The van der Waals surface area contributed by atoms with Gasteiger partial charge in [-0.1, -0.05) is 43.6 Å². The van der Waals surface area contributed by atoms with E-state index in [-0.39, 0.29) is 11.3 Å². The van der Waals surface area contributed by atoms with Gasteiger partial charge in [0.25, 0.3) is 0 Å². The molecule has 0 atom stereocenters. The third kappa shape index (κ3) is 4.31. The topological polar surface area (TPSA) is 39.7 Å². The summed E-state index contributed by atoms with van der Waals surface area (Å²) < 4.78 is 6.01. The Kier molecular flexibility index (Phi) is 6.25. The highest BCUT2D eigenvalue weighted by Gasteiger charge is 2.41. The van der Waals surface area contributed by atoms with Crippen molar-refractivity contribution in [2.45, 2.75) is 51.9 Å². The van der Waals surface area contributed by atoms with E-state index in [1.807, 2.05) is 4.90 Å². The third-order valence-corrected chi connectivity index (χ3v) is 9.76. The summed E-state index contributed by atoms with van der Waals surface area (Å²) in [6, 6.07) is 10.8. The molecule has 1 saturated heterocycles. The third-order valence-electron chi connectivity index (χ3n) is 8.42. The summed E-state index contributed by atoms with van der Waals surface area (Å²) >= 11 is 8.57. The molecule has 36 heavy (non-hydrogen) atoms. The number of anilines is 2. The molecule has 3 aromatic rings. The van der Waals surface area contributed by atoms with Crippen molar-refractivity contribution >= 4 is 50.6 Å². The quantitative estimate of drug-likeness (QED) is 0.409. The van der Waals surface area contributed by atoms with Crippen LogP contribution in [0.5, 0.6) is 0 Å². The zero-order valence-electron chi connectivity index (χ0n) is 21.5. The van der Waals surface area contributed by atoms with Gasteiger partial charge in [0.05, 0.1) is 10.4 Å². The molecule has 2 aromatic carbocycles. The fourth-order valence-electron chi connectivity index (χ4n) is 5.87. The molecule has 1 aliphatic carbocycles. The van der Waals surface area contributed by atoms with Gasteiger partial charge in [-0.15, -0.1) is 0 Å². The molecule has 2 fully saturated rings. The number of carbonyl (C=O) groups excluding carboxylic acids is 1. The number of aromatic nitrogens is 1. The molecule has 0 N–H and O–H groups in total. The standard InChI is InChI=1S/C29H35ClN4OS/c1-19-25(30)21(18-23-26(19)34(13-11-29(23,2)3)28(35)20-8-9-20)10-12-32-14-16-33(17-15-32)27-22-6-4-5-7-24(22)36-31-27/h4-7,18,20H,8-17H2,1-3H3. The number of hydrogen-bond donors (Lipinski definition) is 0. The van der Waals surface area contributed by atoms with Gasteiger partial charge in [0.1, 0.15) is 5.82 Å². The highest BCUT2D eigenvalue weighted by molar-refractivity contribution is 7.13. The normalized spacial score (nSPS) is 20.1. The van der Waals surface area contributed by atoms with Crippen LogP contribution in [0.2, 0.25) is 5.02 Å². The fourth-order valence-corrected chi connectivity index (χ4v) is 6.90. The molecule has 7 heteroatoms. The summed E-state index contributed by atoms with van der Waals surface area (Å²) in [6.07, 6.45) is 3.99. The maximum absolute atomic E-state index is 13.1. The Balaban J connectivity index is 1.16. The Morgan fingerprint density at radius 1 is 1.14 bits per heavy atom. The first-order chi connectivity index (χ1) is 17.3. The summed E-state index contributed by atoms with van der Waals surface area (Å²) in [5.41, 5.74) is 4.71. The first-order valence-corrected chi connectivity index (χ1v) is 14.4. The number of amides is 1. The number of benzene rings is 2. The van der Waals surface area contributed by atoms with Crippen molar-refractivity contribution in [3.05, 3.63) is 52.0 Å². The van der Waals surface area contributed by atoms with E-state index >= 15 is 0 Å². The summed E-state index contributed by atoms with van der Waals surface area (Å²) in [4.78, 5) is 20.1. The Morgan fingerprint density at radius 3 is 2.64 bits per heavy atom. The van der Waals surface area contributed by atoms with Crippen LogP contribution in [0.3, 0.4) is 0 Å². The molecule has 0 radical (unpaired) electrons. The van der Waals surface area contributed by atoms with E-state index in [4.69, 9.17) is 16.0 Å². The lowest BCUT2D eigenvalue weighted by atomic mass is 9.75. The number of rotatable bonds is 5. The number of fused-ring (bicyclic) bond motifs is 2. The highest BCUT2D eigenvalue weighted by atomic mass is 35.5. The first-order valence-electron chi connectivity index (χ1n) is 13.3. The summed E-state index contributed by atoms with van der Waals surface area (Å²) in [7, 11) is 0. The molecule has 1 amide bonds. The van der Waals surface area contributed by atoms with Crippen molar-refractivity contribution in [2.24, 2.45) is 5.92 Å². The smallest absolute Gasteiger partial charge is 0.230 e. The number of carbonyl (C=O) groups is 1. The van der Waals surface area contributed by atoms with Gasteiger partial charge in [-0.05, 0) is 78.4 Å². The van der Waals surface area contributed by atoms with Gasteiger partial charge in [0.2, 0.25) is 5.91 Å². The Hall–Kier alpha value is -2.15. The van der Waals surface area contributed by atoms with Crippen molar-refractivity contribution in [1.29, 1.82) is 0 Å². The fraction of sp³-hybridized carbons (Fsp3) is 0.517. The van der Waals surface area contributed by atoms with Crippen LogP contribution in [0.1, 0.15) is 49.8 Å². The van der Waals surface area contributed by atoms with E-state index in [2.05, 4.69) is 60.9 Å². The molecule has 3 heterocycles. The molecule has 6 rings (SSSR count). The Bertz CT molecular complexity index is 1310. The highest BCUT2D eigenvalue weighted by Crippen LogP contribution is 2.46. The maximum Gasteiger partial charge on any atom is 0.230 e. The SMILES string of the molecule is Cc1c(Cl)c(CCN2CCN(c3nsc4ccccc34)CC2)cc2c1N(C(=O)C1CC1)CCC2(C)C. The van der Waals surface area contributed by atoms with Crippen LogP contribution in [0.4, 0.5) is 11.5 Å². The van der Waals surface area contributed by atoms with Crippen molar-refractivity contribution in [3.8, 4) is 0 Å². The van der Waals surface area contributed by atoms with Crippen LogP contribution in [-0.4, -0.2) is 54.4 Å². The van der Waals surface area contributed by atoms with Crippen LogP contribution in [0.25, 0.3) is 10.1 Å². The second kappa shape index (κ2) is 9.30. The molecule has 3 aliphatic rings.